The molecule has 0 fully saturated rings. The summed E-state index contributed by atoms with van der Waals surface area (Å²) in [6, 6.07) is 0. The van der Waals surface area contributed by atoms with Crippen LogP contribution in [0.5, 0.6) is 0 Å². The quantitative estimate of drug-likeness (QED) is 0.0764. The van der Waals surface area contributed by atoms with Gasteiger partial charge in [0.15, 0.2) is 0 Å². The van der Waals surface area contributed by atoms with Crippen LogP contribution in [0, 0.1) is 5.41 Å². The van der Waals surface area contributed by atoms with Crippen molar-refractivity contribution in [2.45, 2.75) is 73.1 Å². The Morgan fingerprint density at radius 2 is 1.40 bits per heavy atom. The fraction of sp³-hybridized carbons (Fsp3) is 0.667. The minimum atomic E-state index is -0.103. The summed E-state index contributed by atoms with van der Waals surface area (Å²) in [5.74, 6) is -0.128. The van der Waals surface area contributed by atoms with E-state index < -0.39 is 0 Å². The van der Waals surface area contributed by atoms with Crippen LogP contribution in [0.15, 0.2) is 58.7 Å². The summed E-state index contributed by atoms with van der Waals surface area (Å²) in [6.45, 7) is 16.6. The standard InChI is InChI=1S/C36H60N2O7/c1-30(14-15-33-32(3)13-8-17-36(33,4)5)11-7-12-31(2)29-35(40)38-19-10-21-43-26-28-45-27-25-42-20-9-18-37-34(39)16-22-44-24-23-41-6/h7,11-12,14-15,29H,8-10,13,16-28H2,1-6H3,(H,37,39)(H,38,40). The maximum absolute atomic E-state index is 12.2. The SMILES string of the molecule is COCCOCCC(=O)NCCCOCCOCCOCCCNC(=O)C=C(C)C=CC=C(C)C=CC1=C(C)CCCC1(C)C. The summed E-state index contributed by atoms with van der Waals surface area (Å²) in [5.41, 5.74) is 5.27. The zero-order valence-electron chi connectivity index (χ0n) is 28.8. The van der Waals surface area contributed by atoms with E-state index in [2.05, 4.69) is 56.6 Å². The van der Waals surface area contributed by atoms with E-state index >= 15 is 0 Å². The number of rotatable bonds is 25. The van der Waals surface area contributed by atoms with Gasteiger partial charge in [-0.2, -0.15) is 0 Å². The van der Waals surface area contributed by atoms with Crippen molar-refractivity contribution in [1.82, 2.24) is 10.6 Å². The Morgan fingerprint density at radius 1 is 0.800 bits per heavy atom. The van der Waals surface area contributed by atoms with Gasteiger partial charge >= 0.3 is 0 Å². The largest absolute Gasteiger partial charge is 0.382 e. The smallest absolute Gasteiger partial charge is 0.244 e. The van der Waals surface area contributed by atoms with Crippen LogP contribution >= 0.6 is 0 Å². The van der Waals surface area contributed by atoms with Crippen LogP contribution in [0.25, 0.3) is 0 Å². The van der Waals surface area contributed by atoms with Crippen molar-refractivity contribution in [2.75, 3.05) is 79.7 Å². The lowest BCUT2D eigenvalue weighted by Crippen LogP contribution is -2.26. The van der Waals surface area contributed by atoms with E-state index in [1.165, 1.54) is 36.0 Å². The summed E-state index contributed by atoms with van der Waals surface area (Å²) in [6.07, 6.45) is 17.6. The molecule has 0 radical (unpaired) electrons. The second kappa shape index (κ2) is 25.6. The topological polar surface area (TPSA) is 104 Å². The number of allylic oxidation sites excluding steroid dienone is 9. The van der Waals surface area contributed by atoms with Gasteiger partial charge in [-0.05, 0) is 69.4 Å². The van der Waals surface area contributed by atoms with Crippen molar-refractivity contribution < 1.29 is 33.3 Å². The first-order valence-electron chi connectivity index (χ1n) is 16.4. The Hall–Kier alpha value is -2.56. The Kier molecular flexibility index (Phi) is 23.0. The molecule has 2 amide bonds. The molecule has 0 bridgehead atoms. The van der Waals surface area contributed by atoms with Crippen molar-refractivity contribution >= 4 is 11.8 Å². The van der Waals surface area contributed by atoms with E-state index in [0.29, 0.717) is 79.0 Å². The monoisotopic (exact) mass is 632 g/mol. The lowest BCUT2D eigenvalue weighted by Gasteiger charge is -2.32. The predicted molar refractivity (Wildman–Crippen MR) is 181 cm³/mol. The molecule has 0 saturated heterocycles. The average Bonchev–Trinajstić information content (AvgIpc) is 2.98. The lowest BCUT2D eigenvalue weighted by atomic mass is 9.72. The minimum absolute atomic E-state index is 0.0254. The van der Waals surface area contributed by atoms with Crippen LogP contribution in [0.2, 0.25) is 0 Å². The number of ether oxygens (including phenoxy) is 5. The van der Waals surface area contributed by atoms with Crippen LogP contribution in [0.3, 0.4) is 0 Å². The third-order valence-corrected chi connectivity index (χ3v) is 7.33. The Labute approximate surface area is 272 Å². The number of carbonyl (C=O) groups is 2. The second-order valence-electron chi connectivity index (χ2n) is 12.0. The first-order valence-corrected chi connectivity index (χ1v) is 16.4. The van der Waals surface area contributed by atoms with Crippen LogP contribution in [0.1, 0.15) is 73.1 Å². The van der Waals surface area contributed by atoms with Gasteiger partial charge < -0.3 is 34.3 Å². The highest BCUT2D eigenvalue weighted by molar-refractivity contribution is 5.88. The fourth-order valence-corrected chi connectivity index (χ4v) is 4.77. The number of hydrogen-bond acceptors (Lipinski definition) is 7. The van der Waals surface area contributed by atoms with Crippen LogP contribution in [0.4, 0.5) is 0 Å². The summed E-state index contributed by atoms with van der Waals surface area (Å²) >= 11 is 0. The summed E-state index contributed by atoms with van der Waals surface area (Å²) in [7, 11) is 1.61. The molecule has 1 aliphatic carbocycles. The summed E-state index contributed by atoms with van der Waals surface area (Å²) in [5, 5.41) is 5.74. The Bertz CT molecular complexity index is 995. The van der Waals surface area contributed by atoms with Crippen molar-refractivity contribution in [1.29, 1.82) is 0 Å². The molecule has 0 heterocycles. The first kappa shape index (κ1) is 40.5. The predicted octanol–water partition coefficient (Wildman–Crippen LogP) is 5.63. The van der Waals surface area contributed by atoms with E-state index in [9.17, 15) is 9.59 Å². The molecule has 0 atom stereocenters. The Morgan fingerprint density at radius 3 is 2.04 bits per heavy atom. The van der Waals surface area contributed by atoms with E-state index in [-0.39, 0.29) is 17.2 Å². The molecule has 0 aromatic heterocycles. The molecule has 9 nitrogen and oxygen atoms in total. The molecule has 0 aliphatic heterocycles. The highest BCUT2D eigenvalue weighted by atomic mass is 16.5. The second-order valence-corrected chi connectivity index (χ2v) is 12.0. The molecule has 256 valence electrons. The van der Waals surface area contributed by atoms with Gasteiger partial charge in [0.25, 0.3) is 0 Å². The highest BCUT2D eigenvalue weighted by Gasteiger charge is 2.26. The van der Waals surface area contributed by atoms with Gasteiger partial charge in [0.2, 0.25) is 11.8 Å². The van der Waals surface area contributed by atoms with E-state index in [0.717, 1.165) is 18.4 Å². The number of carbonyl (C=O) groups excluding carboxylic acids is 2. The zero-order chi connectivity index (χ0) is 33.2. The molecule has 0 saturated carbocycles. The molecule has 0 unspecified atom stereocenters. The van der Waals surface area contributed by atoms with Crippen molar-refractivity contribution in [3.63, 3.8) is 0 Å². The first-order chi connectivity index (χ1) is 21.7. The molecule has 2 N–H and O–H groups in total. The van der Waals surface area contributed by atoms with E-state index in [1.54, 1.807) is 13.2 Å². The third-order valence-electron chi connectivity index (χ3n) is 7.33. The third kappa shape index (κ3) is 21.7. The molecule has 1 rings (SSSR count). The molecule has 0 aromatic carbocycles. The average molecular weight is 633 g/mol. The van der Waals surface area contributed by atoms with Gasteiger partial charge in [0.05, 0.1) is 46.2 Å². The summed E-state index contributed by atoms with van der Waals surface area (Å²) < 4.78 is 26.7. The molecular formula is C36H60N2O7. The number of methoxy groups -OCH3 is 1. The lowest BCUT2D eigenvalue weighted by molar-refractivity contribution is -0.122. The normalized spacial score (nSPS) is 15.8. The van der Waals surface area contributed by atoms with Crippen LogP contribution in [-0.2, 0) is 33.3 Å². The molecular weight excluding hydrogens is 572 g/mol. The molecule has 0 aromatic rings. The molecule has 0 spiro atoms. The maximum atomic E-state index is 12.2. The van der Waals surface area contributed by atoms with Crippen molar-refractivity contribution in [3.8, 4) is 0 Å². The molecule has 9 heteroatoms. The van der Waals surface area contributed by atoms with Crippen LogP contribution < -0.4 is 10.6 Å². The zero-order valence-corrected chi connectivity index (χ0v) is 28.8. The van der Waals surface area contributed by atoms with Gasteiger partial charge in [-0.15, -0.1) is 0 Å². The fourth-order valence-electron chi connectivity index (χ4n) is 4.77. The maximum Gasteiger partial charge on any atom is 0.244 e. The Balaban J connectivity index is 2.01. The number of amides is 2. The van der Waals surface area contributed by atoms with E-state index in [1.807, 2.05) is 19.1 Å². The number of nitrogens with one attached hydrogen (secondary N) is 2. The van der Waals surface area contributed by atoms with Gasteiger partial charge in [-0.3, -0.25) is 9.59 Å². The van der Waals surface area contributed by atoms with Gasteiger partial charge in [0.1, 0.15) is 0 Å². The highest BCUT2D eigenvalue weighted by Crippen LogP contribution is 2.40. The molecule has 1 aliphatic rings. The van der Waals surface area contributed by atoms with Crippen LogP contribution in [-0.4, -0.2) is 91.5 Å². The van der Waals surface area contributed by atoms with E-state index in [4.69, 9.17) is 23.7 Å². The van der Waals surface area contributed by atoms with Crippen molar-refractivity contribution in [3.05, 3.63) is 58.7 Å². The molecule has 45 heavy (non-hydrogen) atoms. The van der Waals surface area contributed by atoms with Crippen molar-refractivity contribution in [2.24, 2.45) is 5.41 Å². The number of hydrogen-bond donors (Lipinski definition) is 2. The van der Waals surface area contributed by atoms with Gasteiger partial charge in [0, 0.05) is 45.9 Å². The summed E-state index contributed by atoms with van der Waals surface area (Å²) in [4.78, 5) is 23.8. The minimum Gasteiger partial charge on any atom is -0.382 e. The van der Waals surface area contributed by atoms with Gasteiger partial charge in [-0.1, -0.05) is 55.4 Å². The van der Waals surface area contributed by atoms with Gasteiger partial charge in [-0.25, -0.2) is 0 Å².